The molecule has 2 saturated heterocycles. The summed E-state index contributed by atoms with van der Waals surface area (Å²) in [4.78, 5) is 33.5. The zero-order chi connectivity index (χ0) is 28.7. The maximum atomic E-state index is 15.9. The minimum Gasteiger partial charge on any atom is -0.502 e. The van der Waals surface area contributed by atoms with Crippen molar-refractivity contribution in [2.45, 2.75) is 37.9 Å². The number of halogens is 2. The summed E-state index contributed by atoms with van der Waals surface area (Å²) in [5.41, 5.74) is 3.31. The van der Waals surface area contributed by atoms with Gasteiger partial charge in [0.05, 0.1) is 22.1 Å². The van der Waals surface area contributed by atoms with Crippen molar-refractivity contribution in [2.75, 3.05) is 24.8 Å². The predicted molar refractivity (Wildman–Crippen MR) is 152 cm³/mol. The first-order valence-corrected chi connectivity index (χ1v) is 14.9. The summed E-state index contributed by atoms with van der Waals surface area (Å²) >= 11 is 1.35. The highest BCUT2D eigenvalue weighted by Crippen LogP contribution is 2.52. The van der Waals surface area contributed by atoms with Gasteiger partial charge in [0.15, 0.2) is 23.1 Å². The Hall–Kier alpha value is -4.09. The molecule has 214 valence electrons. The quantitative estimate of drug-likeness (QED) is 0.336. The van der Waals surface area contributed by atoms with Gasteiger partial charge in [-0.3, -0.25) is 19.3 Å². The summed E-state index contributed by atoms with van der Waals surface area (Å²) in [6, 6.07) is 10.9. The summed E-state index contributed by atoms with van der Waals surface area (Å²) in [7, 11) is 0. The van der Waals surface area contributed by atoms with E-state index in [-0.39, 0.29) is 16.7 Å². The van der Waals surface area contributed by atoms with Gasteiger partial charge in [-0.05, 0) is 53.9 Å². The van der Waals surface area contributed by atoms with Crippen LogP contribution in [-0.2, 0) is 4.74 Å². The summed E-state index contributed by atoms with van der Waals surface area (Å²) in [5.74, 6) is -3.03. The average molecular weight is 589 g/mol. The Morgan fingerprint density at radius 1 is 1.02 bits per heavy atom. The number of carbonyl (C=O) groups is 1. The van der Waals surface area contributed by atoms with Crippen LogP contribution in [0, 0.1) is 17.0 Å². The maximum Gasteiger partial charge on any atom is 0.278 e. The van der Waals surface area contributed by atoms with Gasteiger partial charge in [0, 0.05) is 37.6 Å². The van der Waals surface area contributed by atoms with Gasteiger partial charge in [-0.2, -0.15) is 0 Å². The van der Waals surface area contributed by atoms with E-state index >= 15 is 4.39 Å². The first-order valence-electron chi connectivity index (χ1n) is 14.0. The molecule has 2 fully saturated rings. The Morgan fingerprint density at radius 2 is 1.83 bits per heavy atom. The summed E-state index contributed by atoms with van der Waals surface area (Å²) < 4.78 is 38.0. The Kier molecular flexibility index (Phi) is 5.61. The van der Waals surface area contributed by atoms with Gasteiger partial charge in [0.1, 0.15) is 6.17 Å². The number of aromatic nitrogens is 2. The number of thiazole rings is 1. The summed E-state index contributed by atoms with van der Waals surface area (Å²) in [5, 5.41) is 12.9. The average Bonchev–Trinajstić information content (AvgIpc) is 3.44. The molecule has 8 rings (SSSR count). The topological polar surface area (TPSA) is 87.9 Å². The normalized spacial score (nSPS) is 22.1. The first kappa shape index (κ1) is 25.6. The van der Waals surface area contributed by atoms with Crippen molar-refractivity contribution in [3.63, 3.8) is 0 Å². The largest absolute Gasteiger partial charge is 0.502 e. The lowest BCUT2D eigenvalue weighted by atomic mass is 9.71. The molecule has 0 radical (unpaired) electrons. The Morgan fingerprint density at radius 3 is 2.67 bits per heavy atom. The van der Waals surface area contributed by atoms with Crippen molar-refractivity contribution in [3.05, 3.63) is 92.9 Å². The van der Waals surface area contributed by atoms with Crippen molar-refractivity contribution in [1.82, 2.24) is 14.6 Å². The molecule has 1 aliphatic carbocycles. The number of aromatic hydroxyl groups is 1. The fourth-order valence-electron chi connectivity index (χ4n) is 7.37. The second kappa shape index (κ2) is 9.20. The fourth-order valence-corrected chi connectivity index (χ4v) is 8.21. The van der Waals surface area contributed by atoms with E-state index in [1.807, 2.05) is 29.3 Å². The van der Waals surface area contributed by atoms with Gasteiger partial charge in [0.25, 0.3) is 5.91 Å². The van der Waals surface area contributed by atoms with Crippen LogP contribution < -0.4 is 10.4 Å². The molecule has 8 nitrogen and oxygen atoms in total. The molecule has 5 heterocycles. The molecule has 3 aliphatic heterocycles. The standard InChI is InChI=1S/C31H26F2N4O4S/c32-20-6-5-19-23(24(20)33)25-29(42-16-34-25)18-4-2-1-3-17(18)26(19)37-22-15-31(9-13-41-14-10-31)8-12-35(22)30(40)27-28(39)21(38)7-11-36(27)37/h1-7,11,16,22,26,39H,8-10,12-15H2/t22-,26-/m1/s1. The highest BCUT2D eigenvalue weighted by Gasteiger charge is 2.51. The zero-order valence-electron chi connectivity index (χ0n) is 22.4. The maximum absolute atomic E-state index is 15.9. The molecule has 2 atom stereocenters. The molecule has 0 bridgehead atoms. The lowest BCUT2D eigenvalue weighted by molar-refractivity contribution is -0.0430. The second-order valence-corrected chi connectivity index (χ2v) is 12.3. The number of hydrogen-bond donors (Lipinski definition) is 1. The van der Waals surface area contributed by atoms with Crippen LogP contribution in [0.15, 0.2) is 59.0 Å². The highest BCUT2D eigenvalue weighted by atomic mass is 32.1. The molecular formula is C31H26F2N4O4S. The van der Waals surface area contributed by atoms with E-state index in [0.29, 0.717) is 37.4 Å². The fraction of sp³-hybridized carbons (Fsp3) is 0.323. The third-order valence-electron chi connectivity index (χ3n) is 9.47. The third kappa shape index (κ3) is 3.49. The number of fused-ring (bicyclic) bond motifs is 7. The van der Waals surface area contributed by atoms with Crippen molar-refractivity contribution in [3.8, 4) is 27.4 Å². The van der Waals surface area contributed by atoms with Crippen LogP contribution in [-0.4, -0.2) is 51.5 Å². The first-order chi connectivity index (χ1) is 20.4. The number of pyridine rings is 1. The lowest BCUT2D eigenvalue weighted by Gasteiger charge is -2.56. The second-order valence-electron chi connectivity index (χ2n) is 11.5. The Bertz CT molecular complexity index is 1830. The van der Waals surface area contributed by atoms with E-state index in [2.05, 4.69) is 4.98 Å². The predicted octanol–water partition coefficient (Wildman–Crippen LogP) is 5.04. The molecule has 1 N–H and O–H groups in total. The van der Waals surface area contributed by atoms with Crippen LogP contribution in [0.1, 0.15) is 53.3 Å². The monoisotopic (exact) mass is 588 g/mol. The van der Waals surface area contributed by atoms with Gasteiger partial charge < -0.3 is 14.7 Å². The summed E-state index contributed by atoms with van der Waals surface area (Å²) in [6.45, 7) is 1.70. The van der Waals surface area contributed by atoms with Crippen molar-refractivity contribution < 1.29 is 23.4 Å². The van der Waals surface area contributed by atoms with Crippen LogP contribution >= 0.6 is 11.3 Å². The molecule has 2 aromatic heterocycles. The number of rotatable bonds is 1. The number of nitrogens with zero attached hydrogens (tertiary/aromatic N) is 4. The van der Waals surface area contributed by atoms with Gasteiger partial charge in [-0.15, -0.1) is 11.3 Å². The highest BCUT2D eigenvalue weighted by molar-refractivity contribution is 7.13. The van der Waals surface area contributed by atoms with E-state index < -0.39 is 40.9 Å². The molecule has 2 aromatic carbocycles. The lowest BCUT2D eigenvalue weighted by Crippen LogP contribution is -2.66. The molecule has 0 unspecified atom stereocenters. The zero-order valence-corrected chi connectivity index (χ0v) is 23.2. The van der Waals surface area contributed by atoms with Crippen LogP contribution in [0.2, 0.25) is 0 Å². The van der Waals surface area contributed by atoms with Crippen molar-refractivity contribution in [2.24, 2.45) is 5.41 Å². The van der Waals surface area contributed by atoms with Gasteiger partial charge in [0.2, 0.25) is 5.43 Å². The van der Waals surface area contributed by atoms with Gasteiger partial charge >= 0.3 is 0 Å². The minimum atomic E-state index is -0.991. The van der Waals surface area contributed by atoms with Gasteiger partial charge in [-0.1, -0.05) is 30.3 Å². The number of ether oxygens (including phenoxy) is 1. The Balaban J connectivity index is 1.44. The van der Waals surface area contributed by atoms with Crippen LogP contribution in [0.4, 0.5) is 8.78 Å². The number of benzene rings is 2. The Labute approximate surface area is 243 Å². The molecular weight excluding hydrogens is 562 g/mol. The number of hydrogen-bond acceptors (Lipinski definition) is 7. The molecule has 1 amide bonds. The van der Waals surface area contributed by atoms with Crippen LogP contribution in [0.3, 0.4) is 0 Å². The van der Waals surface area contributed by atoms with Crippen molar-refractivity contribution >= 4 is 17.2 Å². The van der Waals surface area contributed by atoms with Crippen LogP contribution in [0.25, 0.3) is 21.7 Å². The molecule has 0 saturated carbocycles. The number of carbonyl (C=O) groups excluding carboxylic acids is 1. The number of piperidine rings is 1. The molecule has 4 aliphatic rings. The molecule has 4 aromatic rings. The van der Waals surface area contributed by atoms with Crippen molar-refractivity contribution in [1.29, 1.82) is 0 Å². The SMILES string of the molecule is O=C1c2c(O)c(=O)ccn2N([C@@H]2c3ccccc3-c3scnc3-c3c2ccc(F)c3F)[C@@H]2CC3(CCOCC3)CCN12. The minimum absolute atomic E-state index is 0.0688. The van der Waals surface area contributed by atoms with E-state index in [9.17, 15) is 19.1 Å². The van der Waals surface area contributed by atoms with Gasteiger partial charge in [-0.25, -0.2) is 13.8 Å². The smallest absolute Gasteiger partial charge is 0.278 e. The summed E-state index contributed by atoms with van der Waals surface area (Å²) in [6.07, 6.45) is 4.08. The van der Waals surface area contributed by atoms with E-state index in [1.54, 1.807) is 21.2 Å². The van der Waals surface area contributed by atoms with E-state index in [0.717, 1.165) is 41.3 Å². The number of amides is 1. The van der Waals surface area contributed by atoms with E-state index in [4.69, 9.17) is 4.74 Å². The molecule has 42 heavy (non-hydrogen) atoms. The van der Waals surface area contributed by atoms with E-state index in [1.165, 1.54) is 23.6 Å². The molecule has 1 spiro atoms. The van der Waals surface area contributed by atoms with Crippen LogP contribution in [0.5, 0.6) is 5.75 Å². The molecule has 11 heteroatoms. The third-order valence-corrected chi connectivity index (χ3v) is 10.3.